The molecule has 2 spiro atoms. The van der Waals surface area contributed by atoms with Crippen molar-refractivity contribution in [3.8, 4) is 100 Å². The van der Waals surface area contributed by atoms with E-state index in [9.17, 15) is 0 Å². The standard InChI is InChI=1S/C132H96N2/c1-127(2)111-42-19-16-39-103(111)107-77-72-101(83-123(107)127)134(99-70-61-90(62-71-99)93-64-75-109-104-40-17-20-43-112(104)131(125(109)81-93)116-47-24-22-45-114(116)128(3,4)115-46-23-25-48-117(115)131)102-73-78-108-106-74-63-92(80-122(106)129(5,6)124(108)84-102)88-55-53-87(54-56-88)91-33-30-38-100(79-91)133(97-66-57-86(58-67-97)85-31-10-7-11-32-85)98-68-59-89(60-69-98)94-65-76-110-105-41-18-21-44-113(105)132(126(110)82-94)120-51-28-26-49-118(120)130(95-34-12-8-13-35-95,96-36-14-9-15-37-96)119-50-27-29-52-121(119)132/h7-84H,1-6H3. The van der Waals surface area contributed by atoms with Crippen LogP contribution in [0.25, 0.3) is 100 Å². The molecule has 0 heterocycles. The second kappa shape index (κ2) is 29.8. The molecule has 20 aromatic rings. The minimum atomic E-state index is -0.613. The third kappa shape index (κ3) is 11.3. The first-order valence-electron chi connectivity index (χ1n) is 47.4. The summed E-state index contributed by atoms with van der Waals surface area (Å²) < 4.78 is 0. The van der Waals surface area contributed by atoms with Gasteiger partial charge in [0, 0.05) is 50.4 Å². The Bertz CT molecular complexity index is 8030. The zero-order chi connectivity index (χ0) is 89.6. The SMILES string of the molecule is CC1(C)c2ccccc2-c2ccc(N(c3ccc(-c4ccc5c(c4)C4(c6ccccc6-5)c5ccccc5C(C)(C)c5ccccc54)cc3)c3ccc4c(c3)C(C)(C)c3cc(-c5ccc(-c6cccc(N(c7ccc(-c8ccccc8)cc7)c7ccc(-c8ccc9c(c8)C8(c%10ccccc%10-9)c9ccccc9C(c9ccccc9)(c9ccccc9)c9ccccc98)cc7)c6)cc5)ccc3-4)cc21. The van der Waals surface area contributed by atoms with Crippen molar-refractivity contribution in [2.24, 2.45) is 0 Å². The quantitative estimate of drug-likeness (QED) is 0.114. The van der Waals surface area contributed by atoms with Crippen LogP contribution in [0.2, 0.25) is 0 Å². The number of hydrogen-bond donors (Lipinski definition) is 0. The molecular formula is C132H96N2. The minimum absolute atomic E-state index is 0.176. The van der Waals surface area contributed by atoms with Crippen LogP contribution in [0, 0.1) is 0 Å². The Balaban J connectivity index is 0.523. The van der Waals surface area contributed by atoms with Crippen molar-refractivity contribution in [1.82, 2.24) is 0 Å². The second-order valence-electron chi connectivity index (χ2n) is 39.2. The number of benzene rings is 20. The van der Waals surface area contributed by atoms with Crippen LogP contribution in [-0.2, 0) is 32.5 Å². The summed E-state index contributed by atoms with van der Waals surface area (Å²) in [5.74, 6) is 0. The Kier molecular flexibility index (Phi) is 17.5. The Morgan fingerprint density at radius 3 is 0.761 bits per heavy atom. The summed E-state index contributed by atoms with van der Waals surface area (Å²) in [6, 6.07) is 180. The summed E-state index contributed by atoms with van der Waals surface area (Å²) >= 11 is 0. The molecule has 0 saturated heterocycles. The molecule has 2 heteroatoms. The lowest BCUT2D eigenvalue weighted by atomic mass is 9.51. The van der Waals surface area contributed by atoms with E-state index in [1.54, 1.807) is 0 Å². The molecule has 0 fully saturated rings. The molecule has 0 aromatic heterocycles. The fourth-order valence-electron chi connectivity index (χ4n) is 25.3. The van der Waals surface area contributed by atoms with Crippen LogP contribution < -0.4 is 9.80 Å². The van der Waals surface area contributed by atoms with Gasteiger partial charge in [-0.1, -0.05) is 424 Å². The predicted octanol–water partition coefficient (Wildman–Crippen LogP) is 33.6. The van der Waals surface area contributed by atoms with Crippen LogP contribution in [0.1, 0.15) is 142 Å². The van der Waals surface area contributed by atoms with Crippen LogP contribution in [-0.4, -0.2) is 0 Å². The van der Waals surface area contributed by atoms with E-state index in [0.717, 1.165) is 50.8 Å². The molecule has 0 unspecified atom stereocenters. The average molecular weight is 1710 g/mol. The highest BCUT2D eigenvalue weighted by molar-refractivity contribution is 5.96. The van der Waals surface area contributed by atoms with Gasteiger partial charge in [0.2, 0.25) is 0 Å². The predicted molar refractivity (Wildman–Crippen MR) is 557 cm³/mol. The van der Waals surface area contributed by atoms with E-state index in [0.29, 0.717) is 0 Å². The van der Waals surface area contributed by atoms with Crippen LogP contribution in [0.5, 0.6) is 0 Å². The van der Waals surface area contributed by atoms with Gasteiger partial charge in [0.15, 0.2) is 0 Å². The van der Waals surface area contributed by atoms with Gasteiger partial charge in [-0.15, -0.1) is 0 Å². The van der Waals surface area contributed by atoms with E-state index in [2.05, 4.69) is 525 Å². The number of rotatable bonds is 13. The third-order valence-corrected chi connectivity index (χ3v) is 31.5. The fraction of sp³-hybridized carbons (Fsp3) is 0.0909. The summed E-state index contributed by atoms with van der Waals surface area (Å²) in [7, 11) is 0. The Hall–Kier alpha value is -16.0. The summed E-state index contributed by atoms with van der Waals surface area (Å²) in [4.78, 5) is 4.93. The van der Waals surface area contributed by atoms with Crippen molar-refractivity contribution in [2.45, 2.75) is 74.0 Å². The van der Waals surface area contributed by atoms with Crippen molar-refractivity contribution in [3.05, 3.63) is 573 Å². The molecule has 0 bridgehead atoms. The van der Waals surface area contributed by atoms with Gasteiger partial charge in [-0.05, 0) is 291 Å². The fourth-order valence-corrected chi connectivity index (χ4v) is 25.3. The highest BCUT2D eigenvalue weighted by Gasteiger charge is 2.58. The molecule has 6 aliphatic carbocycles. The maximum Gasteiger partial charge on any atom is 0.0720 e. The lowest BCUT2D eigenvalue weighted by molar-refractivity contribution is 0.563. The highest BCUT2D eigenvalue weighted by atomic mass is 15.1. The Morgan fingerprint density at radius 1 is 0.127 bits per heavy atom. The monoisotopic (exact) mass is 1710 g/mol. The zero-order valence-corrected chi connectivity index (χ0v) is 75.9. The normalized spacial score (nSPS) is 15.0. The summed E-state index contributed by atoms with van der Waals surface area (Å²) in [6.45, 7) is 14.4. The summed E-state index contributed by atoms with van der Waals surface area (Å²) in [6.07, 6.45) is 0. The van der Waals surface area contributed by atoms with Crippen molar-refractivity contribution in [1.29, 1.82) is 0 Å². The van der Waals surface area contributed by atoms with Crippen molar-refractivity contribution in [3.63, 3.8) is 0 Å². The molecule has 0 atom stereocenters. The van der Waals surface area contributed by atoms with Gasteiger partial charge < -0.3 is 9.80 Å². The van der Waals surface area contributed by atoms with Crippen LogP contribution in [0.15, 0.2) is 473 Å². The highest BCUT2D eigenvalue weighted by Crippen LogP contribution is 2.67. The maximum absolute atomic E-state index is 2.52. The zero-order valence-electron chi connectivity index (χ0n) is 75.9. The second-order valence-corrected chi connectivity index (χ2v) is 39.2. The lowest BCUT2D eigenvalue weighted by Gasteiger charge is -2.50. The van der Waals surface area contributed by atoms with E-state index >= 15 is 0 Å². The van der Waals surface area contributed by atoms with Gasteiger partial charge in [0.05, 0.1) is 16.2 Å². The summed E-state index contributed by atoms with van der Waals surface area (Å²) in [5.41, 5.74) is 50.2. The van der Waals surface area contributed by atoms with Crippen LogP contribution in [0.3, 0.4) is 0 Å². The smallest absolute Gasteiger partial charge is 0.0720 e. The van der Waals surface area contributed by atoms with Gasteiger partial charge in [-0.25, -0.2) is 0 Å². The number of hydrogen-bond acceptors (Lipinski definition) is 2. The van der Waals surface area contributed by atoms with Crippen molar-refractivity contribution < 1.29 is 0 Å². The Morgan fingerprint density at radius 2 is 0.351 bits per heavy atom. The van der Waals surface area contributed by atoms with E-state index in [4.69, 9.17) is 0 Å². The van der Waals surface area contributed by atoms with Gasteiger partial charge in [-0.2, -0.15) is 0 Å². The van der Waals surface area contributed by atoms with Crippen LogP contribution in [0.4, 0.5) is 34.1 Å². The maximum atomic E-state index is 2.52. The molecule has 0 aliphatic heterocycles. The van der Waals surface area contributed by atoms with E-state index in [1.807, 2.05) is 0 Å². The van der Waals surface area contributed by atoms with Gasteiger partial charge >= 0.3 is 0 Å². The molecule has 26 rings (SSSR count). The topological polar surface area (TPSA) is 6.48 Å². The minimum Gasteiger partial charge on any atom is -0.310 e. The van der Waals surface area contributed by atoms with Crippen molar-refractivity contribution >= 4 is 34.1 Å². The van der Waals surface area contributed by atoms with Gasteiger partial charge in [0.25, 0.3) is 0 Å². The lowest BCUT2D eigenvalue weighted by Crippen LogP contribution is -2.44. The first-order valence-corrected chi connectivity index (χ1v) is 47.4. The summed E-state index contributed by atoms with van der Waals surface area (Å²) in [5, 5.41) is 0. The molecule has 0 radical (unpaired) electrons. The first kappa shape index (κ1) is 79.0. The average Bonchev–Trinajstić information content (AvgIpc) is 1.44. The van der Waals surface area contributed by atoms with E-state index in [1.165, 1.54) is 184 Å². The Labute approximate surface area is 785 Å². The van der Waals surface area contributed by atoms with Gasteiger partial charge in [-0.3, -0.25) is 0 Å². The molecular weight excluding hydrogens is 1610 g/mol. The van der Waals surface area contributed by atoms with Crippen LogP contribution >= 0.6 is 0 Å². The van der Waals surface area contributed by atoms with E-state index < -0.39 is 16.2 Å². The third-order valence-electron chi connectivity index (χ3n) is 31.5. The molecule has 0 N–H and O–H groups in total. The number of anilines is 6. The molecule has 0 saturated carbocycles. The molecule has 20 aromatic carbocycles. The molecule has 134 heavy (non-hydrogen) atoms. The molecule has 0 amide bonds. The number of fused-ring (bicyclic) bond motifs is 24. The van der Waals surface area contributed by atoms with E-state index in [-0.39, 0.29) is 16.2 Å². The first-order chi connectivity index (χ1) is 65.7. The van der Waals surface area contributed by atoms with Crippen molar-refractivity contribution in [2.75, 3.05) is 9.80 Å². The molecule has 6 aliphatic rings. The number of nitrogens with zero attached hydrogens (tertiary/aromatic N) is 2. The molecule has 2 nitrogen and oxygen atoms in total. The molecule has 634 valence electrons. The largest absolute Gasteiger partial charge is 0.310 e. The van der Waals surface area contributed by atoms with Gasteiger partial charge in [0.1, 0.15) is 0 Å².